The van der Waals surface area contributed by atoms with Crippen LogP contribution in [0.5, 0.6) is 0 Å². The molecule has 0 spiro atoms. The van der Waals surface area contributed by atoms with Crippen molar-refractivity contribution in [2.24, 2.45) is 0 Å². The van der Waals surface area contributed by atoms with Crippen molar-refractivity contribution in [1.29, 1.82) is 0 Å². The van der Waals surface area contributed by atoms with Gasteiger partial charge in [-0.05, 0) is 48.2 Å². The van der Waals surface area contributed by atoms with E-state index in [1.54, 1.807) is 17.6 Å². The summed E-state index contributed by atoms with van der Waals surface area (Å²) < 4.78 is 0. The number of nitrogens with zero attached hydrogens (tertiary/aromatic N) is 1. The molecule has 6 heteroatoms. The number of fused-ring (bicyclic) bond motifs is 1. The van der Waals surface area contributed by atoms with Crippen LogP contribution >= 0.6 is 23.2 Å². The monoisotopic (exact) mass is 350 g/mol. The fourth-order valence-electron chi connectivity index (χ4n) is 2.86. The van der Waals surface area contributed by atoms with Crippen molar-refractivity contribution in [3.63, 3.8) is 0 Å². The van der Waals surface area contributed by atoms with Gasteiger partial charge in [-0.2, -0.15) is 0 Å². The molecule has 1 aliphatic heterocycles. The molecule has 2 aromatic rings. The van der Waals surface area contributed by atoms with Crippen molar-refractivity contribution in [1.82, 2.24) is 5.48 Å². The molecule has 0 aliphatic carbocycles. The molecular formula is C17H16Cl2N2O2. The maximum Gasteiger partial charge on any atom is 0.274 e. The van der Waals surface area contributed by atoms with Crippen LogP contribution < -0.4 is 10.4 Å². The summed E-state index contributed by atoms with van der Waals surface area (Å²) in [6, 6.07) is 11.0. The molecule has 1 amide bonds. The fourth-order valence-corrected chi connectivity index (χ4v) is 3.21. The summed E-state index contributed by atoms with van der Waals surface area (Å²) >= 11 is 12.3. The van der Waals surface area contributed by atoms with Crippen molar-refractivity contribution in [3.05, 3.63) is 63.1 Å². The van der Waals surface area contributed by atoms with E-state index in [1.165, 1.54) is 5.56 Å². The highest BCUT2D eigenvalue weighted by molar-refractivity contribution is 6.42. The molecule has 23 heavy (non-hydrogen) atoms. The standard InChI is InChI=1S/C17H16Cl2N2O2/c18-14-8-13-2-1-7-21(16(13)9-15(14)19)10-11-3-5-12(6-4-11)17(22)20-23/h3-6,8-9,23H,1-2,7,10H2,(H,20,22). The van der Waals surface area contributed by atoms with E-state index in [2.05, 4.69) is 4.90 Å². The van der Waals surface area contributed by atoms with Crippen LogP contribution in [0.2, 0.25) is 10.0 Å². The molecule has 0 aromatic heterocycles. The Kier molecular flexibility index (Phi) is 4.76. The zero-order chi connectivity index (χ0) is 16.4. The average molecular weight is 351 g/mol. The first-order chi connectivity index (χ1) is 11.1. The normalized spacial score (nSPS) is 13.6. The molecule has 2 aromatic carbocycles. The molecule has 0 saturated carbocycles. The van der Waals surface area contributed by atoms with Crippen LogP contribution in [0.15, 0.2) is 36.4 Å². The molecule has 0 fully saturated rings. The first kappa shape index (κ1) is 16.1. The highest BCUT2D eigenvalue weighted by Crippen LogP contribution is 2.35. The van der Waals surface area contributed by atoms with Gasteiger partial charge in [0.15, 0.2) is 0 Å². The van der Waals surface area contributed by atoms with E-state index in [9.17, 15) is 4.79 Å². The van der Waals surface area contributed by atoms with Crippen LogP contribution in [-0.4, -0.2) is 17.7 Å². The van der Waals surface area contributed by atoms with E-state index in [1.807, 2.05) is 24.3 Å². The number of rotatable bonds is 3. The van der Waals surface area contributed by atoms with E-state index < -0.39 is 5.91 Å². The minimum atomic E-state index is -0.513. The molecule has 120 valence electrons. The largest absolute Gasteiger partial charge is 0.367 e. The molecule has 1 heterocycles. The number of hydrogen-bond donors (Lipinski definition) is 2. The van der Waals surface area contributed by atoms with Gasteiger partial charge in [0.1, 0.15) is 0 Å². The molecule has 2 N–H and O–H groups in total. The second-order valence-corrected chi connectivity index (χ2v) is 6.37. The first-order valence-corrected chi connectivity index (χ1v) is 8.10. The number of anilines is 1. The van der Waals surface area contributed by atoms with Gasteiger partial charge in [0.25, 0.3) is 5.91 Å². The molecule has 0 atom stereocenters. The zero-order valence-electron chi connectivity index (χ0n) is 12.4. The Morgan fingerprint density at radius 1 is 1.17 bits per heavy atom. The zero-order valence-corrected chi connectivity index (χ0v) is 13.9. The van der Waals surface area contributed by atoms with Crippen LogP contribution in [0.1, 0.15) is 27.9 Å². The van der Waals surface area contributed by atoms with Gasteiger partial charge >= 0.3 is 0 Å². The number of aryl methyl sites for hydroxylation is 1. The Morgan fingerprint density at radius 2 is 1.87 bits per heavy atom. The molecule has 4 nitrogen and oxygen atoms in total. The number of halogens is 2. The molecule has 0 saturated heterocycles. The van der Waals surface area contributed by atoms with Crippen LogP contribution in [-0.2, 0) is 13.0 Å². The maximum atomic E-state index is 11.3. The van der Waals surface area contributed by atoms with Gasteiger partial charge in [-0.25, -0.2) is 5.48 Å². The Hall–Kier alpha value is -1.75. The van der Waals surface area contributed by atoms with E-state index in [0.29, 0.717) is 15.6 Å². The van der Waals surface area contributed by atoms with Gasteiger partial charge < -0.3 is 4.90 Å². The lowest BCUT2D eigenvalue weighted by atomic mass is 10.0. The van der Waals surface area contributed by atoms with E-state index in [4.69, 9.17) is 28.4 Å². The number of hydroxylamine groups is 1. The van der Waals surface area contributed by atoms with Crippen LogP contribution in [0, 0.1) is 0 Å². The number of hydrogen-bond acceptors (Lipinski definition) is 3. The lowest BCUT2D eigenvalue weighted by molar-refractivity contribution is 0.0706. The minimum Gasteiger partial charge on any atom is -0.367 e. The van der Waals surface area contributed by atoms with E-state index in [-0.39, 0.29) is 0 Å². The van der Waals surface area contributed by atoms with Crippen LogP contribution in [0.4, 0.5) is 5.69 Å². The highest BCUT2D eigenvalue weighted by atomic mass is 35.5. The minimum absolute atomic E-state index is 0.421. The lowest BCUT2D eigenvalue weighted by Crippen LogP contribution is -2.28. The molecular weight excluding hydrogens is 335 g/mol. The predicted molar refractivity (Wildman–Crippen MR) is 91.5 cm³/mol. The Labute approximate surface area is 144 Å². The van der Waals surface area contributed by atoms with Crippen LogP contribution in [0.25, 0.3) is 0 Å². The quantitative estimate of drug-likeness (QED) is 0.648. The van der Waals surface area contributed by atoms with Gasteiger partial charge in [0, 0.05) is 24.3 Å². The average Bonchev–Trinajstić information content (AvgIpc) is 2.56. The summed E-state index contributed by atoms with van der Waals surface area (Å²) in [5.41, 5.74) is 5.46. The summed E-state index contributed by atoms with van der Waals surface area (Å²) in [5.74, 6) is -0.513. The fraction of sp³-hybridized carbons (Fsp3) is 0.235. The van der Waals surface area contributed by atoms with Crippen molar-refractivity contribution in [2.45, 2.75) is 19.4 Å². The number of carbonyl (C=O) groups excluding carboxylic acids is 1. The van der Waals surface area contributed by atoms with Gasteiger partial charge in [0.05, 0.1) is 10.0 Å². The smallest absolute Gasteiger partial charge is 0.274 e. The summed E-state index contributed by atoms with van der Waals surface area (Å²) in [5, 5.41) is 9.80. The third-order valence-electron chi connectivity index (χ3n) is 4.03. The summed E-state index contributed by atoms with van der Waals surface area (Å²) in [6.07, 6.45) is 2.06. The van der Waals surface area contributed by atoms with Gasteiger partial charge in [-0.3, -0.25) is 10.0 Å². The second kappa shape index (κ2) is 6.79. The topological polar surface area (TPSA) is 52.6 Å². The van der Waals surface area contributed by atoms with Crippen molar-refractivity contribution >= 4 is 34.8 Å². The molecule has 0 unspecified atom stereocenters. The third kappa shape index (κ3) is 3.44. The number of amides is 1. The number of carbonyl (C=O) groups is 1. The van der Waals surface area contributed by atoms with Gasteiger partial charge in [0.2, 0.25) is 0 Å². The Balaban J connectivity index is 1.82. The Bertz CT molecular complexity index is 732. The number of benzene rings is 2. The second-order valence-electron chi connectivity index (χ2n) is 5.56. The van der Waals surface area contributed by atoms with Gasteiger partial charge in [-0.15, -0.1) is 0 Å². The summed E-state index contributed by atoms with van der Waals surface area (Å²) in [4.78, 5) is 13.6. The molecule has 0 radical (unpaired) electrons. The number of nitrogens with one attached hydrogen (secondary N) is 1. The summed E-state index contributed by atoms with van der Waals surface area (Å²) in [6.45, 7) is 1.68. The SMILES string of the molecule is O=C(NO)c1ccc(CN2CCCc3cc(Cl)c(Cl)cc32)cc1. The molecule has 0 bridgehead atoms. The molecule has 3 rings (SSSR count). The van der Waals surface area contributed by atoms with E-state index >= 15 is 0 Å². The predicted octanol–water partition coefficient (Wildman–Crippen LogP) is 4.07. The first-order valence-electron chi connectivity index (χ1n) is 7.34. The highest BCUT2D eigenvalue weighted by Gasteiger charge is 2.19. The van der Waals surface area contributed by atoms with E-state index in [0.717, 1.165) is 37.2 Å². The van der Waals surface area contributed by atoms with Crippen molar-refractivity contribution in [3.8, 4) is 0 Å². The van der Waals surface area contributed by atoms with Crippen LogP contribution in [0.3, 0.4) is 0 Å². The van der Waals surface area contributed by atoms with Crippen molar-refractivity contribution in [2.75, 3.05) is 11.4 Å². The van der Waals surface area contributed by atoms with Crippen molar-refractivity contribution < 1.29 is 10.0 Å². The Morgan fingerprint density at radius 3 is 2.57 bits per heavy atom. The summed E-state index contributed by atoms with van der Waals surface area (Å²) in [7, 11) is 0. The third-order valence-corrected chi connectivity index (χ3v) is 4.75. The maximum absolute atomic E-state index is 11.3. The lowest BCUT2D eigenvalue weighted by Gasteiger charge is -2.32. The van der Waals surface area contributed by atoms with Gasteiger partial charge in [-0.1, -0.05) is 35.3 Å². The molecule has 1 aliphatic rings.